The van der Waals surface area contributed by atoms with Gasteiger partial charge in [0.25, 0.3) is 0 Å². The Kier molecular flexibility index (Phi) is 4.28. The van der Waals surface area contributed by atoms with Crippen LogP contribution in [0, 0.1) is 0 Å². The van der Waals surface area contributed by atoms with Crippen LogP contribution in [-0.4, -0.2) is 19.2 Å². The minimum Gasteiger partial charge on any atom is -0.488 e. The van der Waals surface area contributed by atoms with Crippen LogP contribution in [0.25, 0.3) is 0 Å². The van der Waals surface area contributed by atoms with Crippen molar-refractivity contribution in [1.82, 2.24) is 5.32 Å². The summed E-state index contributed by atoms with van der Waals surface area (Å²) in [7, 11) is 0. The van der Waals surface area contributed by atoms with Gasteiger partial charge >= 0.3 is 0 Å². The van der Waals surface area contributed by atoms with Crippen molar-refractivity contribution in [2.75, 3.05) is 13.1 Å². The van der Waals surface area contributed by atoms with Gasteiger partial charge in [-0.1, -0.05) is 45.9 Å². The van der Waals surface area contributed by atoms with Gasteiger partial charge in [-0.15, -0.1) is 0 Å². The van der Waals surface area contributed by atoms with Crippen LogP contribution in [0.2, 0.25) is 0 Å². The Morgan fingerprint density at radius 1 is 1.11 bits per heavy atom. The number of nitrogens with one attached hydrogen (secondary N) is 1. The number of rotatable bonds is 4. The number of hydrogen-bond acceptors (Lipinski definition) is 2. The molecule has 0 unspecified atom stereocenters. The molecule has 1 aliphatic rings. The highest BCUT2D eigenvalue weighted by molar-refractivity contribution is 5.45. The van der Waals surface area contributed by atoms with Gasteiger partial charge in [-0.3, -0.25) is 0 Å². The van der Waals surface area contributed by atoms with Crippen LogP contribution in [0.4, 0.5) is 0 Å². The van der Waals surface area contributed by atoms with E-state index in [-0.39, 0.29) is 0 Å². The number of hydrogen-bond donors (Lipinski definition) is 1. The van der Waals surface area contributed by atoms with E-state index in [9.17, 15) is 0 Å². The van der Waals surface area contributed by atoms with Gasteiger partial charge in [0.2, 0.25) is 0 Å². The van der Waals surface area contributed by atoms with E-state index in [1.807, 2.05) is 0 Å². The Bertz CT molecular complexity index is 366. The predicted octanol–water partition coefficient (Wildman–Crippen LogP) is 3.67. The summed E-state index contributed by atoms with van der Waals surface area (Å²) in [6, 6.07) is 6.56. The van der Waals surface area contributed by atoms with Crippen molar-refractivity contribution in [3.63, 3.8) is 0 Å². The molecule has 1 aromatic carbocycles. The first-order valence-corrected chi connectivity index (χ1v) is 7.09. The van der Waals surface area contributed by atoms with Crippen molar-refractivity contribution in [3.8, 4) is 5.75 Å². The predicted molar refractivity (Wildman–Crippen MR) is 76.5 cm³/mol. The zero-order valence-electron chi connectivity index (χ0n) is 12.0. The van der Waals surface area contributed by atoms with Crippen LogP contribution in [0.5, 0.6) is 5.75 Å². The Hall–Kier alpha value is -1.02. The normalized spacial score (nSPS) is 19.8. The molecule has 0 amide bonds. The summed E-state index contributed by atoms with van der Waals surface area (Å²) >= 11 is 0. The van der Waals surface area contributed by atoms with Crippen LogP contribution >= 0.6 is 0 Å². The second-order valence-electron chi connectivity index (χ2n) is 5.81. The Morgan fingerprint density at radius 3 is 2.17 bits per heavy atom. The molecule has 1 heterocycles. The van der Waals surface area contributed by atoms with E-state index >= 15 is 0 Å². The number of ether oxygens (including phenoxy) is 1. The van der Waals surface area contributed by atoms with E-state index < -0.39 is 0 Å². The van der Waals surface area contributed by atoms with Crippen molar-refractivity contribution < 1.29 is 4.74 Å². The van der Waals surface area contributed by atoms with E-state index in [1.54, 1.807) is 0 Å². The lowest BCUT2D eigenvalue weighted by Crippen LogP contribution is -2.21. The van der Waals surface area contributed by atoms with E-state index in [4.69, 9.17) is 4.74 Å². The fourth-order valence-electron chi connectivity index (χ4n) is 2.51. The van der Waals surface area contributed by atoms with Gasteiger partial charge in [0.05, 0.1) is 0 Å². The molecular weight excluding hydrogens is 222 g/mol. The van der Waals surface area contributed by atoms with Gasteiger partial charge in [0.15, 0.2) is 0 Å². The molecule has 18 heavy (non-hydrogen) atoms. The van der Waals surface area contributed by atoms with Crippen molar-refractivity contribution >= 4 is 0 Å². The highest BCUT2D eigenvalue weighted by Gasteiger charge is 2.21. The summed E-state index contributed by atoms with van der Waals surface area (Å²) in [6.07, 6.45) is 1.45. The molecular formula is C16H25NO. The van der Waals surface area contributed by atoms with Crippen molar-refractivity contribution in [3.05, 3.63) is 29.3 Å². The lowest BCUT2D eigenvalue weighted by atomic mass is 9.94. The third-order valence-corrected chi connectivity index (χ3v) is 3.62. The summed E-state index contributed by atoms with van der Waals surface area (Å²) in [6.45, 7) is 11.0. The summed E-state index contributed by atoms with van der Waals surface area (Å²) in [4.78, 5) is 0. The average Bonchev–Trinajstić information content (AvgIpc) is 2.81. The van der Waals surface area contributed by atoms with E-state index in [0.717, 1.165) is 25.3 Å². The molecule has 1 N–H and O–H groups in total. The minimum absolute atomic E-state index is 0.336. The largest absolute Gasteiger partial charge is 0.488 e. The van der Waals surface area contributed by atoms with Gasteiger partial charge in [0.1, 0.15) is 11.9 Å². The second-order valence-corrected chi connectivity index (χ2v) is 5.81. The highest BCUT2D eigenvalue weighted by atomic mass is 16.5. The third kappa shape index (κ3) is 2.86. The average molecular weight is 247 g/mol. The van der Waals surface area contributed by atoms with Gasteiger partial charge in [-0.25, -0.2) is 0 Å². The molecule has 0 bridgehead atoms. The summed E-state index contributed by atoms with van der Waals surface area (Å²) in [5, 5.41) is 3.36. The van der Waals surface area contributed by atoms with E-state index in [0.29, 0.717) is 17.9 Å². The maximum atomic E-state index is 6.30. The van der Waals surface area contributed by atoms with Crippen LogP contribution in [0.15, 0.2) is 18.2 Å². The lowest BCUT2D eigenvalue weighted by Gasteiger charge is -2.22. The zero-order valence-corrected chi connectivity index (χ0v) is 12.0. The molecule has 2 heteroatoms. The topological polar surface area (TPSA) is 21.3 Å². The SMILES string of the molecule is CC(C)c1cccc(C(C)C)c1O[C@@H]1CCNC1. The molecule has 1 aliphatic heterocycles. The van der Waals surface area contributed by atoms with Crippen LogP contribution in [-0.2, 0) is 0 Å². The van der Waals surface area contributed by atoms with Gasteiger partial charge in [0, 0.05) is 6.54 Å². The molecule has 0 radical (unpaired) electrons. The Morgan fingerprint density at radius 2 is 1.72 bits per heavy atom. The first kappa shape index (κ1) is 13.4. The molecule has 1 atom stereocenters. The van der Waals surface area contributed by atoms with Gasteiger partial charge < -0.3 is 10.1 Å². The molecule has 0 aliphatic carbocycles. The summed E-state index contributed by atoms with van der Waals surface area (Å²) in [5.74, 6) is 2.15. The fraction of sp³-hybridized carbons (Fsp3) is 0.625. The van der Waals surface area contributed by atoms with Gasteiger partial charge in [-0.05, 0) is 35.9 Å². The minimum atomic E-state index is 0.336. The fourth-order valence-corrected chi connectivity index (χ4v) is 2.51. The molecule has 1 fully saturated rings. The Labute approximate surface area is 111 Å². The lowest BCUT2D eigenvalue weighted by molar-refractivity contribution is 0.217. The van der Waals surface area contributed by atoms with Crippen molar-refractivity contribution in [2.24, 2.45) is 0 Å². The highest BCUT2D eigenvalue weighted by Crippen LogP contribution is 2.35. The van der Waals surface area contributed by atoms with Crippen LogP contribution in [0.1, 0.15) is 57.1 Å². The van der Waals surface area contributed by atoms with Gasteiger partial charge in [-0.2, -0.15) is 0 Å². The van der Waals surface area contributed by atoms with Crippen molar-refractivity contribution in [1.29, 1.82) is 0 Å². The zero-order chi connectivity index (χ0) is 13.1. The molecule has 0 saturated carbocycles. The molecule has 1 aromatic rings. The van der Waals surface area contributed by atoms with Crippen molar-refractivity contribution in [2.45, 2.75) is 52.1 Å². The summed E-state index contributed by atoms with van der Waals surface area (Å²) in [5.41, 5.74) is 2.68. The smallest absolute Gasteiger partial charge is 0.126 e. The molecule has 1 saturated heterocycles. The molecule has 0 aromatic heterocycles. The van der Waals surface area contributed by atoms with E-state index in [2.05, 4.69) is 51.2 Å². The monoisotopic (exact) mass is 247 g/mol. The maximum absolute atomic E-state index is 6.30. The molecule has 0 spiro atoms. The first-order valence-electron chi connectivity index (χ1n) is 7.09. The van der Waals surface area contributed by atoms with Crippen LogP contribution in [0.3, 0.4) is 0 Å². The number of benzene rings is 1. The van der Waals surface area contributed by atoms with Crippen LogP contribution < -0.4 is 10.1 Å². The quantitative estimate of drug-likeness (QED) is 0.876. The number of para-hydroxylation sites is 1. The maximum Gasteiger partial charge on any atom is 0.126 e. The standard InChI is InChI=1S/C16H25NO/c1-11(2)14-6-5-7-15(12(3)4)16(14)18-13-8-9-17-10-13/h5-7,11-13,17H,8-10H2,1-4H3/t13-/m1/s1. The summed E-state index contributed by atoms with van der Waals surface area (Å²) < 4.78 is 6.30. The third-order valence-electron chi connectivity index (χ3n) is 3.62. The first-order chi connectivity index (χ1) is 8.59. The molecule has 2 nitrogen and oxygen atoms in total. The van der Waals surface area contributed by atoms with E-state index in [1.165, 1.54) is 11.1 Å². The molecule has 2 rings (SSSR count). The Balaban J connectivity index is 2.33. The second kappa shape index (κ2) is 5.75. The molecule has 100 valence electrons.